The summed E-state index contributed by atoms with van der Waals surface area (Å²) in [4.78, 5) is 14.7. The number of carbonyl (C=O) groups excluding carboxylic acids is 1. The first-order chi connectivity index (χ1) is 10.0. The van der Waals surface area contributed by atoms with E-state index in [0.717, 1.165) is 33.9 Å². The number of nitrogens with zero attached hydrogens (tertiary/aromatic N) is 1. The molecule has 1 fully saturated rings. The third kappa shape index (κ3) is 2.97. The highest BCUT2D eigenvalue weighted by atomic mass is 79.9. The van der Waals surface area contributed by atoms with Gasteiger partial charge in [-0.15, -0.1) is 0 Å². The van der Waals surface area contributed by atoms with Gasteiger partial charge in [-0.3, -0.25) is 4.79 Å². The molecule has 0 spiro atoms. The summed E-state index contributed by atoms with van der Waals surface area (Å²) in [6, 6.07) is 12.6. The normalized spacial score (nSPS) is 22.5. The quantitative estimate of drug-likeness (QED) is 0.857. The van der Waals surface area contributed by atoms with Crippen LogP contribution in [0, 0.1) is 0 Å². The molecule has 1 amide bonds. The topological polar surface area (TPSA) is 32.3 Å². The maximum atomic E-state index is 12.8. The van der Waals surface area contributed by atoms with Crippen molar-refractivity contribution in [3.05, 3.63) is 46.4 Å². The molecule has 2 aromatic rings. The number of nitrogens with one attached hydrogen (secondary N) is 1. The highest BCUT2D eigenvalue weighted by Crippen LogP contribution is 2.22. The Bertz CT molecular complexity index is 686. The number of rotatable bonds is 1. The Morgan fingerprint density at radius 2 is 1.90 bits per heavy atom. The Morgan fingerprint density at radius 3 is 2.71 bits per heavy atom. The van der Waals surface area contributed by atoms with Crippen molar-refractivity contribution in [2.45, 2.75) is 25.9 Å². The second kappa shape index (κ2) is 5.78. The number of hydrogen-bond donors (Lipinski definition) is 1. The minimum atomic E-state index is 0.126. The van der Waals surface area contributed by atoms with E-state index in [2.05, 4.69) is 41.2 Å². The molecule has 0 radical (unpaired) electrons. The van der Waals surface area contributed by atoms with E-state index in [1.807, 2.05) is 35.2 Å². The Labute approximate surface area is 133 Å². The van der Waals surface area contributed by atoms with Crippen LogP contribution in [0.2, 0.25) is 0 Å². The fourth-order valence-corrected chi connectivity index (χ4v) is 3.20. The van der Waals surface area contributed by atoms with Crippen LogP contribution in [0.1, 0.15) is 24.2 Å². The van der Waals surface area contributed by atoms with Gasteiger partial charge in [0, 0.05) is 35.2 Å². The largest absolute Gasteiger partial charge is 0.333 e. The van der Waals surface area contributed by atoms with Crippen LogP contribution in [0.15, 0.2) is 40.9 Å². The molecule has 4 heteroatoms. The monoisotopic (exact) mass is 346 g/mol. The first-order valence-electron chi connectivity index (χ1n) is 7.28. The smallest absolute Gasteiger partial charge is 0.254 e. The number of benzene rings is 2. The van der Waals surface area contributed by atoms with Gasteiger partial charge in [-0.25, -0.2) is 0 Å². The summed E-state index contributed by atoms with van der Waals surface area (Å²) < 4.78 is 1.05. The van der Waals surface area contributed by atoms with Crippen LogP contribution in [0.3, 0.4) is 0 Å². The predicted molar refractivity (Wildman–Crippen MR) is 89.6 cm³/mol. The minimum absolute atomic E-state index is 0.126. The summed E-state index contributed by atoms with van der Waals surface area (Å²) in [7, 11) is 0. The number of piperazine rings is 1. The van der Waals surface area contributed by atoms with Crippen molar-refractivity contribution in [2.75, 3.05) is 13.1 Å². The molecule has 0 bridgehead atoms. The first-order valence-corrected chi connectivity index (χ1v) is 8.07. The Hall–Kier alpha value is -1.39. The zero-order chi connectivity index (χ0) is 15.0. The highest BCUT2D eigenvalue weighted by molar-refractivity contribution is 9.10. The first kappa shape index (κ1) is 14.5. The predicted octanol–water partition coefficient (Wildman–Crippen LogP) is 3.42. The molecule has 0 aromatic heterocycles. The van der Waals surface area contributed by atoms with Crippen molar-refractivity contribution in [1.29, 1.82) is 0 Å². The molecule has 1 aliphatic heterocycles. The maximum absolute atomic E-state index is 12.8. The maximum Gasteiger partial charge on any atom is 0.254 e. The molecule has 1 N–H and O–H groups in total. The van der Waals surface area contributed by atoms with Crippen molar-refractivity contribution < 1.29 is 4.79 Å². The van der Waals surface area contributed by atoms with Crippen molar-refractivity contribution in [3.8, 4) is 0 Å². The number of hydrogen-bond acceptors (Lipinski definition) is 2. The van der Waals surface area contributed by atoms with Crippen LogP contribution in [-0.4, -0.2) is 36.0 Å². The Morgan fingerprint density at radius 1 is 1.19 bits per heavy atom. The van der Waals surface area contributed by atoms with Gasteiger partial charge in [-0.2, -0.15) is 0 Å². The van der Waals surface area contributed by atoms with E-state index in [1.54, 1.807) is 0 Å². The molecule has 2 aromatic carbocycles. The molecule has 1 heterocycles. The number of fused-ring (bicyclic) bond motifs is 1. The highest BCUT2D eigenvalue weighted by Gasteiger charge is 2.27. The van der Waals surface area contributed by atoms with Gasteiger partial charge >= 0.3 is 0 Å². The lowest BCUT2D eigenvalue weighted by Crippen LogP contribution is -2.56. The second-order valence-electron chi connectivity index (χ2n) is 5.82. The SMILES string of the molecule is CC1CN(C(=O)c2ccc3cc(Br)ccc3c2)C(C)CN1. The van der Waals surface area contributed by atoms with E-state index in [0.29, 0.717) is 6.04 Å². The van der Waals surface area contributed by atoms with Crippen LogP contribution in [0.4, 0.5) is 0 Å². The van der Waals surface area contributed by atoms with Crippen LogP contribution in [-0.2, 0) is 0 Å². The van der Waals surface area contributed by atoms with Gasteiger partial charge in [0.2, 0.25) is 0 Å². The Balaban J connectivity index is 1.92. The van der Waals surface area contributed by atoms with E-state index >= 15 is 0 Å². The summed E-state index contributed by atoms with van der Waals surface area (Å²) in [5, 5.41) is 5.64. The molecule has 1 saturated heterocycles. The number of amides is 1. The second-order valence-corrected chi connectivity index (χ2v) is 6.74. The number of halogens is 1. The zero-order valence-electron chi connectivity index (χ0n) is 12.3. The third-order valence-corrected chi connectivity index (χ3v) is 4.57. The third-order valence-electron chi connectivity index (χ3n) is 4.07. The molecule has 1 aliphatic rings. The minimum Gasteiger partial charge on any atom is -0.333 e. The van der Waals surface area contributed by atoms with E-state index in [4.69, 9.17) is 0 Å². The molecule has 0 aliphatic carbocycles. The fraction of sp³-hybridized carbons (Fsp3) is 0.353. The van der Waals surface area contributed by atoms with E-state index in [9.17, 15) is 4.79 Å². The average Bonchev–Trinajstić information content (AvgIpc) is 2.48. The van der Waals surface area contributed by atoms with Gasteiger partial charge < -0.3 is 10.2 Å². The van der Waals surface area contributed by atoms with Crippen LogP contribution in [0.25, 0.3) is 10.8 Å². The van der Waals surface area contributed by atoms with Crippen molar-refractivity contribution >= 4 is 32.6 Å². The molecule has 3 nitrogen and oxygen atoms in total. The van der Waals surface area contributed by atoms with E-state index in [-0.39, 0.29) is 11.9 Å². The van der Waals surface area contributed by atoms with Crippen molar-refractivity contribution in [3.63, 3.8) is 0 Å². The molecule has 0 saturated carbocycles. The molecule has 3 rings (SSSR count). The lowest BCUT2D eigenvalue weighted by atomic mass is 10.0. The zero-order valence-corrected chi connectivity index (χ0v) is 13.9. The molecular weight excluding hydrogens is 328 g/mol. The standard InChI is InChI=1S/C17H19BrN2O/c1-11-10-20(12(2)9-19-11)17(21)15-4-3-14-8-16(18)6-5-13(14)7-15/h3-8,11-12,19H,9-10H2,1-2H3. The summed E-state index contributed by atoms with van der Waals surface area (Å²) in [5.41, 5.74) is 0.769. The number of carbonyl (C=O) groups is 1. The lowest BCUT2D eigenvalue weighted by Gasteiger charge is -2.37. The molecule has 2 atom stereocenters. The van der Waals surface area contributed by atoms with Crippen LogP contribution >= 0.6 is 15.9 Å². The summed E-state index contributed by atoms with van der Waals surface area (Å²) in [6.45, 7) is 5.82. The molecule has 2 unspecified atom stereocenters. The molecule has 21 heavy (non-hydrogen) atoms. The Kier molecular flexibility index (Phi) is 4.00. The van der Waals surface area contributed by atoms with Crippen molar-refractivity contribution in [2.24, 2.45) is 0 Å². The van der Waals surface area contributed by atoms with Gasteiger partial charge in [0.05, 0.1) is 0 Å². The summed E-state index contributed by atoms with van der Waals surface area (Å²) in [5.74, 6) is 0.126. The van der Waals surface area contributed by atoms with Gasteiger partial charge in [0.1, 0.15) is 0 Å². The van der Waals surface area contributed by atoms with Crippen LogP contribution in [0.5, 0.6) is 0 Å². The average molecular weight is 347 g/mol. The van der Waals surface area contributed by atoms with Gasteiger partial charge in [-0.1, -0.05) is 28.1 Å². The van der Waals surface area contributed by atoms with E-state index < -0.39 is 0 Å². The van der Waals surface area contributed by atoms with Crippen molar-refractivity contribution in [1.82, 2.24) is 10.2 Å². The van der Waals surface area contributed by atoms with Gasteiger partial charge in [0.25, 0.3) is 5.91 Å². The fourth-order valence-electron chi connectivity index (χ4n) is 2.82. The summed E-state index contributed by atoms with van der Waals surface area (Å²) in [6.07, 6.45) is 0. The van der Waals surface area contributed by atoms with Crippen LogP contribution < -0.4 is 5.32 Å². The lowest BCUT2D eigenvalue weighted by molar-refractivity contribution is 0.0616. The molecule has 110 valence electrons. The summed E-state index contributed by atoms with van der Waals surface area (Å²) >= 11 is 3.47. The van der Waals surface area contributed by atoms with E-state index in [1.165, 1.54) is 0 Å². The van der Waals surface area contributed by atoms with Gasteiger partial charge in [0.15, 0.2) is 0 Å². The van der Waals surface area contributed by atoms with Gasteiger partial charge in [-0.05, 0) is 48.9 Å². The molecular formula is C17H19BrN2O.